The molecule has 1 aromatic rings. The topological polar surface area (TPSA) is 32.7 Å². The maximum Gasteiger partial charge on any atom is 0.122 e. The van der Waals surface area contributed by atoms with Gasteiger partial charge in [0.1, 0.15) is 5.75 Å². The molecule has 1 rings (SSSR count). The van der Waals surface area contributed by atoms with E-state index in [4.69, 9.17) is 9.84 Å². The van der Waals surface area contributed by atoms with Crippen molar-refractivity contribution in [1.29, 1.82) is 0 Å². The number of aryl methyl sites for hydroxylation is 1. The molecule has 0 bridgehead atoms. The van der Waals surface area contributed by atoms with Crippen LogP contribution < -0.4 is 9.64 Å². The second-order valence-corrected chi connectivity index (χ2v) is 5.23. The van der Waals surface area contributed by atoms with E-state index in [-0.39, 0.29) is 12.1 Å². The summed E-state index contributed by atoms with van der Waals surface area (Å²) in [5, 5.41) is 9.12. The predicted molar refractivity (Wildman–Crippen MR) is 76.5 cm³/mol. The van der Waals surface area contributed by atoms with Gasteiger partial charge in [-0.25, -0.2) is 0 Å². The Morgan fingerprint density at radius 1 is 1.33 bits per heavy atom. The second-order valence-electron chi connectivity index (χ2n) is 5.23. The number of anilines is 1. The average Bonchev–Trinajstić information content (AvgIpc) is 2.31. The standard InChI is InChI=1S/C15H25NO2/c1-6-18-14-8-7-13(11-12(14)2)16(5)15(3,4)9-10-17/h7-8,11,17H,6,9-10H2,1-5H3. The summed E-state index contributed by atoms with van der Waals surface area (Å²) in [6.45, 7) is 9.20. The Morgan fingerprint density at radius 2 is 2.00 bits per heavy atom. The van der Waals surface area contributed by atoms with Gasteiger partial charge in [-0.2, -0.15) is 0 Å². The van der Waals surface area contributed by atoms with E-state index in [2.05, 4.69) is 44.9 Å². The number of hydrogen-bond donors (Lipinski definition) is 1. The van der Waals surface area contributed by atoms with Crippen molar-refractivity contribution in [2.24, 2.45) is 0 Å². The van der Waals surface area contributed by atoms with Gasteiger partial charge in [0.2, 0.25) is 0 Å². The third kappa shape index (κ3) is 3.39. The van der Waals surface area contributed by atoms with Crippen LogP contribution in [0.2, 0.25) is 0 Å². The molecule has 0 unspecified atom stereocenters. The molecule has 0 radical (unpaired) electrons. The van der Waals surface area contributed by atoms with Crippen LogP contribution in [-0.4, -0.2) is 30.9 Å². The molecule has 1 aromatic carbocycles. The van der Waals surface area contributed by atoms with E-state index < -0.39 is 0 Å². The largest absolute Gasteiger partial charge is 0.494 e. The van der Waals surface area contributed by atoms with Crippen LogP contribution in [0.1, 0.15) is 32.8 Å². The molecule has 0 aliphatic carbocycles. The van der Waals surface area contributed by atoms with E-state index in [1.54, 1.807) is 0 Å². The number of hydrogen-bond acceptors (Lipinski definition) is 3. The van der Waals surface area contributed by atoms with Crippen molar-refractivity contribution < 1.29 is 9.84 Å². The van der Waals surface area contributed by atoms with Crippen LogP contribution in [0.5, 0.6) is 5.75 Å². The van der Waals surface area contributed by atoms with Crippen molar-refractivity contribution >= 4 is 5.69 Å². The zero-order valence-electron chi connectivity index (χ0n) is 12.2. The summed E-state index contributed by atoms with van der Waals surface area (Å²) in [6.07, 6.45) is 0.746. The van der Waals surface area contributed by atoms with Crippen LogP contribution >= 0.6 is 0 Å². The van der Waals surface area contributed by atoms with Gasteiger partial charge in [0.15, 0.2) is 0 Å². The lowest BCUT2D eigenvalue weighted by Crippen LogP contribution is -2.42. The Bertz CT molecular complexity index is 388. The number of nitrogens with zero attached hydrogens (tertiary/aromatic N) is 1. The summed E-state index contributed by atoms with van der Waals surface area (Å²) < 4.78 is 5.55. The van der Waals surface area contributed by atoms with E-state index in [0.29, 0.717) is 6.61 Å². The molecule has 1 N–H and O–H groups in total. The van der Waals surface area contributed by atoms with Gasteiger partial charge in [-0.1, -0.05) is 0 Å². The summed E-state index contributed by atoms with van der Waals surface area (Å²) >= 11 is 0. The zero-order chi connectivity index (χ0) is 13.8. The van der Waals surface area contributed by atoms with Gasteiger partial charge < -0.3 is 14.7 Å². The highest BCUT2D eigenvalue weighted by Crippen LogP contribution is 2.29. The van der Waals surface area contributed by atoms with Crippen LogP contribution in [0.3, 0.4) is 0 Å². The number of rotatable bonds is 6. The van der Waals surface area contributed by atoms with Crippen molar-refractivity contribution in [1.82, 2.24) is 0 Å². The number of aliphatic hydroxyl groups is 1. The van der Waals surface area contributed by atoms with Gasteiger partial charge in [-0.3, -0.25) is 0 Å². The maximum absolute atomic E-state index is 9.12. The molecule has 3 nitrogen and oxygen atoms in total. The average molecular weight is 251 g/mol. The Kier molecular flexibility index (Phi) is 5.03. The molecule has 18 heavy (non-hydrogen) atoms. The third-order valence-corrected chi connectivity index (χ3v) is 3.48. The molecule has 0 aromatic heterocycles. The molecule has 0 saturated heterocycles. The quantitative estimate of drug-likeness (QED) is 0.843. The lowest BCUT2D eigenvalue weighted by Gasteiger charge is -2.37. The van der Waals surface area contributed by atoms with E-state index in [1.807, 2.05) is 13.0 Å². The first-order valence-corrected chi connectivity index (χ1v) is 6.50. The normalized spacial score (nSPS) is 11.4. The fourth-order valence-corrected chi connectivity index (χ4v) is 1.95. The lowest BCUT2D eigenvalue weighted by molar-refractivity contribution is 0.250. The first kappa shape index (κ1) is 14.8. The molecule has 0 heterocycles. The SMILES string of the molecule is CCOc1ccc(N(C)C(C)(C)CCO)cc1C. The van der Waals surface area contributed by atoms with Crippen molar-refractivity contribution in [2.45, 2.75) is 39.7 Å². The highest BCUT2D eigenvalue weighted by molar-refractivity contribution is 5.53. The zero-order valence-corrected chi connectivity index (χ0v) is 12.2. The Labute approximate surface area is 110 Å². The van der Waals surface area contributed by atoms with E-state index in [1.165, 1.54) is 0 Å². The van der Waals surface area contributed by atoms with Gasteiger partial charge in [0.05, 0.1) is 6.61 Å². The van der Waals surface area contributed by atoms with Crippen LogP contribution in [0, 0.1) is 6.92 Å². The predicted octanol–water partition coefficient (Wildman–Crippen LogP) is 2.99. The Morgan fingerprint density at radius 3 is 2.50 bits per heavy atom. The molecular weight excluding hydrogens is 226 g/mol. The minimum Gasteiger partial charge on any atom is -0.494 e. The molecule has 0 aliphatic heterocycles. The fourth-order valence-electron chi connectivity index (χ4n) is 1.95. The van der Waals surface area contributed by atoms with Crippen LogP contribution in [0.4, 0.5) is 5.69 Å². The van der Waals surface area contributed by atoms with Crippen molar-refractivity contribution in [3.05, 3.63) is 23.8 Å². The van der Waals surface area contributed by atoms with Crippen molar-refractivity contribution in [3.8, 4) is 5.75 Å². The Hall–Kier alpha value is -1.22. The smallest absolute Gasteiger partial charge is 0.122 e. The summed E-state index contributed by atoms with van der Waals surface area (Å²) in [5.74, 6) is 0.939. The van der Waals surface area contributed by atoms with Gasteiger partial charge in [0, 0.05) is 24.9 Å². The monoisotopic (exact) mass is 251 g/mol. The van der Waals surface area contributed by atoms with E-state index in [9.17, 15) is 0 Å². The first-order valence-electron chi connectivity index (χ1n) is 6.50. The van der Waals surface area contributed by atoms with Gasteiger partial charge in [0.25, 0.3) is 0 Å². The first-order chi connectivity index (χ1) is 8.42. The highest BCUT2D eigenvalue weighted by atomic mass is 16.5. The van der Waals surface area contributed by atoms with Gasteiger partial charge >= 0.3 is 0 Å². The molecule has 102 valence electrons. The maximum atomic E-state index is 9.12. The lowest BCUT2D eigenvalue weighted by atomic mass is 9.98. The van der Waals surface area contributed by atoms with Crippen LogP contribution in [-0.2, 0) is 0 Å². The molecule has 0 saturated carbocycles. The summed E-state index contributed by atoms with van der Waals surface area (Å²) in [4.78, 5) is 2.20. The number of aliphatic hydroxyl groups excluding tert-OH is 1. The van der Waals surface area contributed by atoms with Crippen molar-refractivity contribution in [2.75, 3.05) is 25.2 Å². The molecule has 0 atom stereocenters. The molecule has 0 fully saturated rings. The number of ether oxygens (including phenoxy) is 1. The molecular formula is C15H25NO2. The molecule has 0 aliphatic rings. The van der Waals surface area contributed by atoms with Crippen LogP contribution in [0.25, 0.3) is 0 Å². The van der Waals surface area contributed by atoms with E-state index in [0.717, 1.165) is 23.4 Å². The van der Waals surface area contributed by atoms with Crippen LogP contribution in [0.15, 0.2) is 18.2 Å². The summed E-state index contributed by atoms with van der Waals surface area (Å²) in [5.41, 5.74) is 2.23. The third-order valence-electron chi connectivity index (χ3n) is 3.48. The number of benzene rings is 1. The molecule has 3 heteroatoms. The highest BCUT2D eigenvalue weighted by Gasteiger charge is 2.23. The minimum atomic E-state index is -0.0612. The van der Waals surface area contributed by atoms with Gasteiger partial charge in [-0.15, -0.1) is 0 Å². The summed E-state index contributed by atoms with van der Waals surface area (Å²) in [6, 6.07) is 6.21. The fraction of sp³-hybridized carbons (Fsp3) is 0.600. The second kappa shape index (κ2) is 6.10. The van der Waals surface area contributed by atoms with Crippen molar-refractivity contribution in [3.63, 3.8) is 0 Å². The summed E-state index contributed by atoms with van der Waals surface area (Å²) in [7, 11) is 2.06. The van der Waals surface area contributed by atoms with E-state index >= 15 is 0 Å². The minimum absolute atomic E-state index is 0.0612. The van der Waals surface area contributed by atoms with Gasteiger partial charge in [-0.05, 0) is 57.9 Å². The molecule has 0 amide bonds. The Balaban J connectivity index is 2.93. The molecule has 0 spiro atoms.